The van der Waals surface area contributed by atoms with E-state index in [9.17, 15) is 4.79 Å². The van der Waals surface area contributed by atoms with Crippen LogP contribution in [0.1, 0.15) is 47.7 Å². The van der Waals surface area contributed by atoms with Gasteiger partial charge in [-0.1, -0.05) is 30.7 Å². The van der Waals surface area contributed by atoms with Crippen LogP contribution in [-0.4, -0.2) is 54.6 Å². The van der Waals surface area contributed by atoms with Crippen LogP contribution in [0.5, 0.6) is 0 Å². The van der Waals surface area contributed by atoms with Crippen molar-refractivity contribution in [2.24, 2.45) is 0 Å². The summed E-state index contributed by atoms with van der Waals surface area (Å²) in [4.78, 5) is 17.7. The zero-order chi connectivity index (χ0) is 20.8. The lowest BCUT2D eigenvalue weighted by Gasteiger charge is -2.33. The molecule has 1 unspecified atom stereocenters. The number of ether oxygens (including phenoxy) is 1. The highest BCUT2D eigenvalue weighted by molar-refractivity contribution is 6.04. The highest BCUT2D eigenvalue weighted by atomic mass is 16.5. The Labute approximate surface area is 180 Å². The van der Waals surface area contributed by atoms with Gasteiger partial charge in [0, 0.05) is 43.5 Å². The molecule has 4 rings (SSSR count). The van der Waals surface area contributed by atoms with Gasteiger partial charge in [0.2, 0.25) is 0 Å². The number of hydrogen-bond donors (Lipinski definition) is 1. The van der Waals surface area contributed by atoms with Gasteiger partial charge in [-0.25, -0.2) is 0 Å². The van der Waals surface area contributed by atoms with Crippen molar-refractivity contribution in [1.82, 2.24) is 9.80 Å². The molecule has 0 saturated carbocycles. The fraction of sp³-hybridized carbons (Fsp3) is 0.480. The lowest BCUT2D eigenvalue weighted by Crippen LogP contribution is -2.36. The predicted octanol–water partition coefficient (Wildman–Crippen LogP) is 4.15. The van der Waals surface area contributed by atoms with E-state index < -0.39 is 0 Å². The first-order valence-electron chi connectivity index (χ1n) is 11.2. The largest absolute Gasteiger partial charge is 0.379 e. The first-order valence-corrected chi connectivity index (χ1v) is 11.2. The van der Waals surface area contributed by atoms with E-state index in [2.05, 4.69) is 40.2 Å². The molecular formula is C25H33N3O2. The fourth-order valence-corrected chi connectivity index (χ4v) is 4.35. The molecule has 2 heterocycles. The van der Waals surface area contributed by atoms with E-state index in [0.717, 1.165) is 50.6 Å². The van der Waals surface area contributed by atoms with Gasteiger partial charge in [-0.3, -0.25) is 14.6 Å². The number of rotatable bonds is 6. The van der Waals surface area contributed by atoms with E-state index in [0.29, 0.717) is 11.6 Å². The number of benzene rings is 2. The van der Waals surface area contributed by atoms with Crippen LogP contribution in [0.4, 0.5) is 5.69 Å². The molecule has 1 N–H and O–H groups in total. The number of carbonyl (C=O) groups excluding carboxylic acids is 1. The van der Waals surface area contributed by atoms with Gasteiger partial charge in [0.1, 0.15) is 0 Å². The summed E-state index contributed by atoms with van der Waals surface area (Å²) in [5.41, 5.74) is 4.01. The third-order valence-corrected chi connectivity index (χ3v) is 6.24. The molecule has 2 aliphatic heterocycles. The highest BCUT2D eigenvalue weighted by Gasteiger charge is 2.18. The van der Waals surface area contributed by atoms with Crippen LogP contribution >= 0.6 is 0 Å². The molecule has 30 heavy (non-hydrogen) atoms. The number of hydrogen-bond acceptors (Lipinski definition) is 4. The molecule has 160 valence electrons. The Morgan fingerprint density at radius 1 is 1.00 bits per heavy atom. The van der Waals surface area contributed by atoms with Gasteiger partial charge < -0.3 is 10.1 Å². The average Bonchev–Trinajstić information content (AvgIpc) is 2.77. The summed E-state index contributed by atoms with van der Waals surface area (Å²) in [6.07, 6.45) is 3.93. The topological polar surface area (TPSA) is 44.8 Å². The predicted molar refractivity (Wildman–Crippen MR) is 121 cm³/mol. The van der Waals surface area contributed by atoms with Crippen molar-refractivity contribution < 1.29 is 9.53 Å². The van der Waals surface area contributed by atoms with Gasteiger partial charge in [0.25, 0.3) is 5.91 Å². The minimum absolute atomic E-state index is 0.0590. The molecule has 2 saturated heterocycles. The number of anilines is 1. The van der Waals surface area contributed by atoms with Crippen LogP contribution in [0.25, 0.3) is 0 Å². The lowest BCUT2D eigenvalue weighted by atomic mass is 10.0. The second-order valence-corrected chi connectivity index (χ2v) is 8.56. The Balaban J connectivity index is 1.33. The monoisotopic (exact) mass is 407 g/mol. The van der Waals surface area contributed by atoms with Gasteiger partial charge in [-0.05, 0) is 61.7 Å². The Morgan fingerprint density at radius 3 is 2.57 bits per heavy atom. The number of piperidine rings is 1. The Kier molecular flexibility index (Phi) is 7.16. The maximum atomic E-state index is 12.8. The van der Waals surface area contributed by atoms with Crippen LogP contribution in [0.3, 0.4) is 0 Å². The molecule has 2 fully saturated rings. The van der Waals surface area contributed by atoms with Gasteiger partial charge >= 0.3 is 0 Å². The third kappa shape index (κ3) is 5.69. The van der Waals surface area contributed by atoms with E-state index in [1.54, 1.807) is 0 Å². The SMILES string of the molecule is CC1CCCCN1Cc1ccc(NC(=O)c2cccc(CN3CCOCC3)c2)cc1. The summed E-state index contributed by atoms with van der Waals surface area (Å²) >= 11 is 0. The summed E-state index contributed by atoms with van der Waals surface area (Å²) < 4.78 is 5.41. The van der Waals surface area contributed by atoms with Gasteiger partial charge in [0.05, 0.1) is 13.2 Å². The van der Waals surface area contributed by atoms with Crippen LogP contribution in [0, 0.1) is 0 Å². The molecule has 0 aromatic heterocycles. The van der Waals surface area contributed by atoms with Crippen molar-refractivity contribution in [3.05, 3.63) is 65.2 Å². The van der Waals surface area contributed by atoms with Crippen molar-refractivity contribution in [3.63, 3.8) is 0 Å². The molecule has 0 spiro atoms. The first kappa shape index (κ1) is 21.0. The smallest absolute Gasteiger partial charge is 0.255 e. The average molecular weight is 408 g/mol. The van der Waals surface area contributed by atoms with E-state index in [-0.39, 0.29) is 5.91 Å². The van der Waals surface area contributed by atoms with Gasteiger partial charge in [0.15, 0.2) is 0 Å². The molecule has 2 aliphatic rings. The van der Waals surface area contributed by atoms with Crippen LogP contribution in [0.15, 0.2) is 48.5 Å². The van der Waals surface area contributed by atoms with Crippen molar-refractivity contribution in [3.8, 4) is 0 Å². The van der Waals surface area contributed by atoms with Crippen LogP contribution in [0.2, 0.25) is 0 Å². The maximum Gasteiger partial charge on any atom is 0.255 e. The maximum absolute atomic E-state index is 12.8. The molecule has 1 amide bonds. The standard InChI is InChI=1S/C25H33N3O2/c1-20-5-2-3-12-28(20)19-21-8-10-24(11-9-21)26-25(29)23-7-4-6-22(17-23)18-27-13-15-30-16-14-27/h4,6-11,17,20H,2-3,5,12-16,18-19H2,1H3,(H,26,29). The molecule has 5 nitrogen and oxygen atoms in total. The number of carbonyl (C=O) groups is 1. The number of amides is 1. The Bertz CT molecular complexity index is 831. The van der Waals surface area contributed by atoms with Crippen molar-refractivity contribution in [1.29, 1.82) is 0 Å². The summed E-state index contributed by atoms with van der Waals surface area (Å²) in [6, 6.07) is 16.9. The molecule has 2 aromatic rings. The minimum Gasteiger partial charge on any atom is -0.379 e. The van der Waals surface area contributed by atoms with E-state index >= 15 is 0 Å². The number of nitrogens with one attached hydrogen (secondary N) is 1. The fourth-order valence-electron chi connectivity index (χ4n) is 4.35. The number of likely N-dealkylation sites (tertiary alicyclic amines) is 1. The zero-order valence-electron chi connectivity index (χ0n) is 18.0. The molecule has 0 radical (unpaired) electrons. The van der Waals surface area contributed by atoms with Crippen LogP contribution in [-0.2, 0) is 17.8 Å². The molecule has 1 atom stereocenters. The number of morpholine rings is 1. The van der Waals surface area contributed by atoms with E-state index in [4.69, 9.17) is 4.74 Å². The van der Waals surface area contributed by atoms with Crippen molar-refractivity contribution in [2.75, 3.05) is 38.2 Å². The second-order valence-electron chi connectivity index (χ2n) is 8.56. The summed E-state index contributed by atoms with van der Waals surface area (Å²) in [7, 11) is 0. The molecule has 5 heteroatoms. The summed E-state index contributed by atoms with van der Waals surface area (Å²) in [6.45, 7) is 8.80. The zero-order valence-corrected chi connectivity index (χ0v) is 18.0. The summed E-state index contributed by atoms with van der Waals surface area (Å²) in [5, 5.41) is 3.04. The summed E-state index contributed by atoms with van der Waals surface area (Å²) in [5.74, 6) is -0.0590. The molecule has 0 aliphatic carbocycles. The minimum atomic E-state index is -0.0590. The molecule has 0 bridgehead atoms. The van der Waals surface area contributed by atoms with E-state index in [1.807, 2.05) is 30.3 Å². The quantitative estimate of drug-likeness (QED) is 0.782. The van der Waals surface area contributed by atoms with Crippen molar-refractivity contribution >= 4 is 11.6 Å². The van der Waals surface area contributed by atoms with Gasteiger partial charge in [-0.2, -0.15) is 0 Å². The Hall–Kier alpha value is -2.21. The molecular weight excluding hydrogens is 374 g/mol. The lowest BCUT2D eigenvalue weighted by molar-refractivity contribution is 0.0342. The highest BCUT2D eigenvalue weighted by Crippen LogP contribution is 2.20. The first-order chi connectivity index (χ1) is 14.7. The van der Waals surface area contributed by atoms with Gasteiger partial charge in [-0.15, -0.1) is 0 Å². The molecule has 2 aromatic carbocycles. The number of nitrogens with zero attached hydrogens (tertiary/aromatic N) is 2. The third-order valence-electron chi connectivity index (χ3n) is 6.24. The van der Waals surface area contributed by atoms with Crippen molar-refractivity contribution in [2.45, 2.75) is 45.3 Å². The van der Waals surface area contributed by atoms with E-state index in [1.165, 1.54) is 31.4 Å². The van der Waals surface area contributed by atoms with Crippen LogP contribution < -0.4 is 5.32 Å². The normalized spacial score (nSPS) is 20.8. The second kappa shape index (κ2) is 10.2. The Morgan fingerprint density at radius 2 is 1.80 bits per heavy atom.